The molecule has 1 aliphatic rings. The first-order valence-corrected chi connectivity index (χ1v) is 5.03. The molecule has 3 heteroatoms. The zero-order valence-corrected chi connectivity index (χ0v) is 8.27. The maximum absolute atomic E-state index is 11.8. The summed E-state index contributed by atoms with van der Waals surface area (Å²) in [6.45, 7) is 0. The number of ketones is 1. The Morgan fingerprint density at radius 1 is 1.27 bits per heavy atom. The van der Waals surface area contributed by atoms with Gasteiger partial charge in [-0.1, -0.05) is 6.42 Å². The Kier molecular flexibility index (Phi) is 2.75. The monoisotopic (exact) mass is 201 g/mol. The summed E-state index contributed by atoms with van der Waals surface area (Å²) in [5.74, 6) is 0.424. The fourth-order valence-corrected chi connectivity index (χ4v) is 1.66. The third-order valence-corrected chi connectivity index (χ3v) is 2.80. The molecule has 1 saturated carbocycles. The van der Waals surface area contributed by atoms with Gasteiger partial charge in [0.1, 0.15) is 0 Å². The van der Waals surface area contributed by atoms with Crippen LogP contribution >= 0.6 is 0 Å². The number of hydrogen-bond acceptors (Lipinski definition) is 3. The van der Waals surface area contributed by atoms with E-state index in [9.17, 15) is 9.59 Å². The van der Waals surface area contributed by atoms with Gasteiger partial charge >= 0.3 is 0 Å². The van der Waals surface area contributed by atoms with E-state index in [0.717, 1.165) is 19.3 Å². The Morgan fingerprint density at radius 3 is 2.40 bits per heavy atom. The number of isocyanates is 1. The second-order valence-corrected chi connectivity index (χ2v) is 3.74. The first-order chi connectivity index (χ1) is 7.31. The highest BCUT2D eigenvalue weighted by Crippen LogP contribution is 2.30. The molecule has 1 fully saturated rings. The summed E-state index contributed by atoms with van der Waals surface area (Å²) in [4.78, 5) is 25.3. The molecule has 1 aromatic carbocycles. The van der Waals surface area contributed by atoms with Gasteiger partial charge in [0.25, 0.3) is 0 Å². The molecule has 15 heavy (non-hydrogen) atoms. The predicted octanol–water partition coefficient (Wildman–Crippen LogP) is 2.64. The van der Waals surface area contributed by atoms with E-state index in [0.29, 0.717) is 11.3 Å². The lowest BCUT2D eigenvalue weighted by molar-refractivity contribution is 0.0855. The second kappa shape index (κ2) is 4.20. The van der Waals surface area contributed by atoms with Gasteiger partial charge in [-0.25, -0.2) is 4.79 Å². The summed E-state index contributed by atoms with van der Waals surface area (Å²) in [6, 6.07) is 6.77. The van der Waals surface area contributed by atoms with Crippen LogP contribution in [0.2, 0.25) is 0 Å². The number of aliphatic imine (C=N–C) groups is 1. The molecule has 0 radical (unpaired) electrons. The maximum Gasteiger partial charge on any atom is 0.240 e. The summed E-state index contributed by atoms with van der Waals surface area (Å²) in [7, 11) is 0. The largest absolute Gasteiger partial charge is 0.294 e. The van der Waals surface area contributed by atoms with Crippen molar-refractivity contribution in [2.24, 2.45) is 10.9 Å². The van der Waals surface area contributed by atoms with Crippen LogP contribution in [-0.2, 0) is 4.79 Å². The summed E-state index contributed by atoms with van der Waals surface area (Å²) in [6.07, 6.45) is 4.64. The van der Waals surface area contributed by atoms with E-state index in [4.69, 9.17) is 0 Å². The third kappa shape index (κ3) is 2.03. The minimum Gasteiger partial charge on any atom is -0.294 e. The van der Waals surface area contributed by atoms with Crippen molar-refractivity contribution in [2.75, 3.05) is 0 Å². The molecule has 3 nitrogen and oxygen atoms in total. The van der Waals surface area contributed by atoms with Gasteiger partial charge in [0.15, 0.2) is 5.78 Å². The van der Waals surface area contributed by atoms with Crippen LogP contribution in [0.4, 0.5) is 5.69 Å². The summed E-state index contributed by atoms with van der Waals surface area (Å²) in [5, 5.41) is 0. The number of Topliss-reactive ketones (excluding diaryl/α,β-unsaturated/α-hetero) is 1. The van der Waals surface area contributed by atoms with Crippen LogP contribution in [0.1, 0.15) is 29.6 Å². The number of benzene rings is 1. The third-order valence-electron chi connectivity index (χ3n) is 2.80. The van der Waals surface area contributed by atoms with E-state index in [-0.39, 0.29) is 11.7 Å². The molecule has 0 spiro atoms. The summed E-state index contributed by atoms with van der Waals surface area (Å²) < 4.78 is 0. The molecule has 0 unspecified atom stereocenters. The van der Waals surface area contributed by atoms with E-state index < -0.39 is 0 Å². The molecule has 0 saturated heterocycles. The van der Waals surface area contributed by atoms with E-state index >= 15 is 0 Å². The number of hydrogen-bond donors (Lipinski definition) is 0. The fourth-order valence-electron chi connectivity index (χ4n) is 1.66. The van der Waals surface area contributed by atoms with Crippen molar-refractivity contribution >= 4 is 17.6 Å². The lowest BCUT2D eigenvalue weighted by Crippen LogP contribution is -2.21. The zero-order valence-electron chi connectivity index (χ0n) is 8.27. The quantitative estimate of drug-likeness (QED) is 0.428. The molecule has 0 N–H and O–H groups in total. The van der Waals surface area contributed by atoms with E-state index in [2.05, 4.69) is 4.99 Å². The molecule has 0 heterocycles. The van der Waals surface area contributed by atoms with Gasteiger partial charge in [0.05, 0.1) is 5.69 Å². The highest BCUT2D eigenvalue weighted by Gasteiger charge is 2.25. The smallest absolute Gasteiger partial charge is 0.240 e. The zero-order chi connectivity index (χ0) is 10.7. The van der Waals surface area contributed by atoms with Crippen molar-refractivity contribution in [1.82, 2.24) is 0 Å². The number of carbonyl (C=O) groups excluding carboxylic acids is 2. The minimum absolute atomic E-state index is 0.211. The van der Waals surface area contributed by atoms with Crippen molar-refractivity contribution in [3.8, 4) is 0 Å². The van der Waals surface area contributed by atoms with Gasteiger partial charge in [-0.2, -0.15) is 4.99 Å². The Balaban J connectivity index is 2.15. The molecule has 0 aromatic heterocycles. The number of nitrogens with zero attached hydrogens (tertiary/aromatic N) is 1. The molecule has 76 valence electrons. The van der Waals surface area contributed by atoms with Gasteiger partial charge in [0, 0.05) is 11.5 Å². The molecule has 0 aliphatic heterocycles. The molecule has 0 bridgehead atoms. The standard InChI is InChI=1S/C12H11NO2/c14-8-13-11-6-4-10(5-7-11)12(15)9-2-1-3-9/h4-7,9H,1-3H2. The van der Waals surface area contributed by atoms with Crippen LogP contribution in [0.3, 0.4) is 0 Å². The van der Waals surface area contributed by atoms with Crippen LogP contribution in [0, 0.1) is 5.92 Å². The van der Waals surface area contributed by atoms with Gasteiger partial charge in [0.2, 0.25) is 6.08 Å². The fraction of sp³-hybridized carbons (Fsp3) is 0.333. The summed E-state index contributed by atoms with van der Waals surface area (Å²) in [5.41, 5.74) is 1.25. The second-order valence-electron chi connectivity index (χ2n) is 3.74. The Labute approximate surface area is 87.8 Å². The van der Waals surface area contributed by atoms with Crippen molar-refractivity contribution in [1.29, 1.82) is 0 Å². The molecular formula is C12H11NO2. The van der Waals surface area contributed by atoms with E-state index in [1.165, 1.54) is 6.08 Å². The first-order valence-electron chi connectivity index (χ1n) is 5.03. The topological polar surface area (TPSA) is 46.5 Å². The highest BCUT2D eigenvalue weighted by molar-refractivity contribution is 5.98. The maximum atomic E-state index is 11.8. The van der Waals surface area contributed by atoms with Gasteiger partial charge in [-0.3, -0.25) is 4.79 Å². The highest BCUT2D eigenvalue weighted by atomic mass is 16.1. The average Bonchev–Trinajstić information content (AvgIpc) is 2.16. The minimum atomic E-state index is 0.211. The van der Waals surface area contributed by atoms with Crippen LogP contribution in [0.15, 0.2) is 29.3 Å². The number of carbonyl (C=O) groups is 1. The molecular weight excluding hydrogens is 190 g/mol. The van der Waals surface area contributed by atoms with Crippen LogP contribution in [-0.4, -0.2) is 11.9 Å². The van der Waals surface area contributed by atoms with Crippen LogP contribution in [0.5, 0.6) is 0 Å². The Morgan fingerprint density at radius 2 is 1.93 bits per heavy atom. The van der Waals surface area contributed by atoms with E-state index in [1.54, 1.807) is 24.3 Å². The molecule has 2 rings (SSSR count). The Hall–Kier alpha value is -1.73. The molecule has 1 aromatic rings. The predicted molar refractivity (Wildman–Crippen MR) is 55.9 cm³/mol. The van der Waals surface area contributed by atoms with Gasteiger partial charge < -0.3 is 0 Å². The van der Waals surface area contributed by atoms with E-state index in [1.807, 2.05) is 0 Å². The van der Waals surface area contributed by atoms with Crippen LogP contribution in [0.25, 0.3) is 0 Å². The van der Waals surface area contributed by atoms with Crippen LogP contribution < -0.4 is 0 Å². The Bertz CT molecular complexity index is 412. The van der Waals surface area contributed by atoms with Crippen molar-refractivity contribution in [3.05, 3.63) is 29.8 Å². The molecule has 1 aliphatic carbocycles. The lowest BCUT2D eigenvalue weighted by atomic mass is 9.80. The molecule has 0 amide bonds. The lowest BCUT2D eigenvalue weighted by Gasteiger charge is -2.23. The summed E-state index contributed by atoms with van der Waals surface area (Å²) >= 11 is 0. The van der Waals surface area contributed by atoms with Gasteiger partial charge in [-0.05, 0) is 37.1 Å². The average molecular weight is 201 g/mol. The molecule has 0 atom stereocenters. The normalized spacial score (nSPS) is 15.2. The van der Waals surface area contributed by atoms with Gasteiger partial charge in [-0.15, -0.1) is 0 Å². The van der Waals surface area contributed by atoms with Crippen molar-refractivity contribution < 1.29 is 9.59 Å². The first kappa shape index (κ1) is 9.81. The SMILES string of the molecule is O=C=Nc1ccc(C(=O)C2CCC2)cc1. The van der Waals surface area contributed by atoms with Crippen molar-refractivity contribution in [2.45, 2.75) is 19.3 Å². The van der Waals surface area contributed by atoms with Crippen molar-refractivity contribution in [3.63, 3.8) is 0 Å². The number of rotatable bonds is 3.